The van der Waals surface area contributed by atoms with Crippen LogP contribution in [0.15, 0.2) is 12.3 Å². The fourth-order valence-electron chi connectivity index (χ4n) is 2.49. The van der Waals surface area contributed by atoms with E-state index in [1.54, 1.807) is 0 Å². The first-order chi connectivity index (χ1) is 10.1. The Kier molecular flexibility index (Phi) is 6.27. The summed E-state index contributed by atoms with van der Waals surface area (Å²) in [7, 11) is 0. The van der Waals surface area contributed by atoms with Crippen LogP contribution in [0.1, 0.15) is 32.8 Å². The van der Waals surface area contributed by atoms with Crippen LogP contribution in [0.3, 0.4) is 0 Å². The van der Waals surface area contributed by atoms with Crippen molar-refractivity contribution in [3.8, 4) is 0 Å². The molecule has 4 nitrogen and oxygen atoms in total. The Morgan fingerprint density at radius 1 is 1.52 bits per heavy atom. The maximum absolute atomic E-state index is 6.43. The molecule has 1 atom stereocenters. The van der Waals surface area contributed by atoms with Gasteiger partial charge in [0.05, 0.1) is 11.1 Å². The largest absolute Gasteiger partial charge is 0.377 e. The molecule has 5 heteroatoms. The van der Waals surface area contributed by atoms with Crippen LogP contribution >= 0.6 is 11.6 Å². The smallest absolute Gasteiger partial charge is 0.147 e. The molecule has 0 radical (unpaired) electrons. The van der Waals surface area contributed by atoms with Crippen molar-refractivity contribution in [1.82, 2.24) is 10.3 Å². The molecule has 0 aliphatic carbocycles. The minimum Gasteiger partial charge on any atom is -0.377 e. The quantitative estimate of drug-likeness (QED) is 0.906. The van der Waals surface area contributed by atoms with Crippen molar-refractivity contribution in [1.29, 1.82) is 0 Å². The second kappa shape index (κ2) is 7.97. The summed E-state index contributed by atoms with van der Waals surface area (Å²) in [5, 5.41) is 4.14. The van der Waals surface area contributed by atoms with Crippen molar-refractivity contribution in [2.24, 2.45) is 5.92 Å². The molecule has 2 rings (SSSR count). The van der Waals surface area contributed by atoms with Crippen molar-refractivity contribution >= 4 is 17.4 Å². The number of rotatable bonds is 5. The van der Waals surface area contributed by atoms with E-state index < -0.39 is 0 Å². The maximum Gasteiger partial charge on any atom is 0.147 e. The summed E-state index contributed by atoms with van der Waals surface area (Å²) in [6.45, 7) is 10.9. The van der Waals surface area contributed by atoms with Crippen LogP contribution in [0.5, 0.6) is 0 Å². The van der Waals surface area contributed by atoms with Gasteiger partial charge in [-0.3, -0.25) is 0 Å². The highest BCUT2D eigenvalue weighted by Crippen LogP contribution is 2.25. The van der Waals surface area contributed by atoms with E-state index in [0.29, 0.717) is 5.92 Å². The third kappa shape index (κ3) is 5.13. The van der Waals surface area contributed by atoms with Crippen LogP contribution in [0, 0.1) is 5.92 Å². The van der Waals surface area contributed by atoms with Gasteiger partial charge in [0.25, 0.3) is 0 Å². The Balaban J connectivity index is 2.01. The van der Waals surface area contributed by atoms with E-state index in [0.717, 1.165) is 55.6 Å². The van der Waals surface area contributed by atoms with Gasteiger partial charge < -0.3 is 15.0 Å². The summed E-state index contributed by atoms with van der Waals surface area (Å²) in [6.07, 6.45) is 3.16. The van der Waals surface area contributed by atoms with E-state index in [-0.39, 0.29) is 6.10 Å². The zero-order valence-electron chi connectivity index (χ0n) is 13.2. The molecule has 1 aromatic rings. The average molecular weight is 312 g/mol. The molecule has 0 saturated carbocycles. The van der Waals surface area contributed by atoms with Crippen LogP contribution < -0.4 is 10.2 Å². The van der Waals surface area contributed by atoms with E-state index in [4.69, 9.17) is 16.3 Å². The first-order valence-electron chi connectivity index (χ1n) is 7.78. The second-order valence-corrected chi connectivity index (χ2v) is 6.56. The monoisotopic (exact) mass is 311 g/mol. The standard InChI is InChI=1S/C16H26ClN3O/c1-12(2)8-18-9-14-7-15(17)16(19-10-14)20-5-4-6-21-13(3)11-20/h7,10,12-13,18H,4-6,8-9,11H2,1-3H3. The van der Waals surface area contributed by atoms with Gasteiger partial charge in [0.2, 0.25) is 0 Å². The first-order valence-corrected chi connectivity index (χ1v) is 8.15. The number of aromatic nitrogens is 1. The first kappa shape index (κ1) is 16.5. The zero-order valence-corrected chi connectivity index (χ0v) is 14.0. The lowest BCUT2D eigenvalue weighted by molar-refractivity contribution is 0.0820. The van der Waals surface area contributed by atoms with Crippen molar-refractivity contribution in [2.75, 3.05) is 31.1 Å². The lowest BCUT2D eigenvalue weighted by Gasteiger charge is -2.24. The predicted octanol–water partition coefficient (Wildman–Crippen LogP) is 3.10. The Labute approximate surface area is 132 Å². The zero-order chi connectivity index (χ0) is 15.2. The Morgan fingerprint density at radius 2 is 2.33 bits per heavy atom. The molecule has 1 fully saturated rings. The molecular weight excluding hydrogens is 286 g/mol. The Hall–Kier alpha value is -0.840. The number of anilines is 1. The number of halogens is 1. The number of ether oxygens (including phenoxy) is 1. The number of nitrogens with zero attached hydrogens (tertiary/aromatic N) is 2. The van der Waals surface area contributed by atoms with Crippen LogP contribution in [0.4, 0.5) is 5.82 Å². The van der Waals surface area contributed by atoms with Gasteiger partial charge in [-0.05, 0) is 37.4 Å². The minimum atomic E-state index is 0.220. The third-order valence-electron chi connectivity index (χ3n) is 3.51. The second-order valence-electron chi connectivity index (χ2n) is 6.15. The van der Waals surface area contributed by atoms with Gasteiger partial charge in [0, 0.05) is 32.4 Å². The highest BCUT2D eigenvalue weighted by Gasteiger charge is 2.18. The topological polar surface area (TPSA) is 37.4 Å². The van der Waals surface area contributed by atoms with Crippen molar-refractivity contribution in [3.63, 3.8) is 0 Å². The molecule has 1 N–H and O–H groups in total. The normalized spacial score (nSPS) is 19.9. The van der Waals surface area contributed by atoms with Gasteiger partial charge in [-0.1, -0.05) is 25.4 Å². The number of hydrogen-bond donors (Lipinski definition) is 1. The molecule has 0 amide bonds. The highest BCUT2D eigenvalue weighted by molar-refractivity contribution is 6.33. The number of nitrogens with one attached hydrogen (secondary N) is 1. The number of hydrogen-bond acceptors (Lipinski definition) is 4. The average Bonchev–Trinajstić information content (AvgIpc) is 2.63. The highest BCUT2D eigenvalue weighted by atomic mass is 35.5. The Morgan fingerprint density at radius 3 is 3.05 bits per heavy atom. The van der Waals surface area contributed by atoms with Gasteiger partial charge in [-0.25, -0.2) is 4.98 Å². The molecule has 0 bridgehead atoms. The summed E-state index contributed by atoms with van der Waals surface area (Å²) in [6, 6.07) is 2.02. The molecular formula is C16H26ClN3O. The SMILES string of the molecule is CC(C)CNCc1cnc(N2CCCOC(C)C2)c(Cl)c1. The van der Waals surface area contributed by atoms with E-state index >= 15 is 0 Å². The van der Waals surface area contributed by atoms with Crippen LogP contribution in [0.2, 0.25) is 5.02 Å². The lowest BCUT2D eigenvalue weighted by atomic mass is 10.2. The molecule has 1 unspecified atom stereocenters. The van der Waals surface area contributed by atoms with Crippen molar-refractivity contribution in [3.05, 3.63) is 22.8 Å². The summed E-state index contributed by atoms with van der Waals surface area (Å²) in [4.78, 5) is 6.80. The fourth-order valence-corrected chi connectivity index (χ4v) is 2.80. The molecule has 0 aromatic carbocycles. The predicted molar refractivity (Wildman–Crippen MR) is 88.0 cm³/mol. The summed E-state index contributed by atoms with van der Waals surface area (Å²) >= 11 is 6.43. The van der Waals surface area contributed by atoms with E-state index in [1.807, 2.05) is 12.3 Å². The third-order valence-corrected chi connectivity index (χ3v) is 3.79. The van der Waals surface area contributed by atoms with Gasteiger partial charge in [0.1, 0.15) is 5.82 Å². The van der Waals surface area contributed by atoms with E-state index in [2.05, 4.69) is 36.0 Å². The van der Waals surface area contributed by atoms with Gasteiger partial charge in [0.15, 0.2) is 0 Å². The molecule has 118 valence electrons. The molecule has 21 heavy (non-hydrogen) atoms. The molecule has 1 aliphatic rings. The van der Waals surface area contributed by atoms with Crippen LogP contribution in [-0.4, -0.2) is 37.3 Å². The van der Waals surface area contributed by atoms with Crippen molar-refractivity contribution < 1.29 is 4.74 Å². The van der Waals surface area contributed by atoms with E-state index in [9.17, 15) is 0 Å². The van der Waals surface area contributed by atoms with Gasteiger partial charge in [-0.15, -0.1) is 0 Å². The lowest BCUT2D eigenvalue weighted by Crippen LogP contribution is -2.31. The molecule has 2 heterocycles. The van der Waals surface area contributed by atoms with Gasteiger partial charge >= 0.3 is 0 Å². The van der Waals surface area contributed by atoms with Crippen LogP contribution in [0.25, 0.3) is 0 Å². The van der Waals surface area contributed by atoms with E-state index in [1.165, 1.54) is 0 Å². The number of pyridine rings is 1. The maximum atomic E-state index is 6.43. The molecule has 0 spiro atoms. The molecule has 1 aromatic heterocycles. The Bertz CT molecular complexity index is 453. The minimum absolute atomic E-state index is 0.220. The summed E-state index contributed by atoms with van der Waals surface area (Å²) < 4.78 is 5.67. The molecule has 1 aliphatic heterocycles. The van der Waals surface area contributed by atoms with Crippen LogP contribution in [-0.2, 0) is 11.3 Å². The summed E-state index contributed by atoms with van der Waals surface area (Å²) in [5.41, 5.74) is 1.13. The van der Waals surface area contributed by atoms with Gasteiger partial charge in [-0.2, -0.15) is 0 Å². The fraction of sp³-hybridized carbons (Fsp3) is 0.688. The molecule has 1 saturated heterocycles. The summed E-state index contributed by atoms with van der Waals surface area (Å²) in [5.74, 6) is 1.52. The van der Waals surface area contributed by atoms with Crippen molar-refractivity contribution in [2.45, 2.75) is 39.8 Å².